The smallest absolute Gasteiger partial charge is 0.165 e. The molecule has 0 aromatic carbocycles. The quantitative estimate of drug-likeness (QED) is 0.609. The van der Waals surface area contributed by atoms with Crippen molar-refractivity contribution in [2.45, 2.75) is 31.8 Å². The molecule has 1 fully saturated rings. The summed E-state index contributed by atoms with van der Waals surface area (Å²) in [6.45, 7) is 0.0648. The van der Waals surface area contributed by atoms with Crippen molar-refractivity contribution in [3.05, 3.63) is 0 Å². The molecule has 3 N–H and O–H groups in total. The maximum absolute atomic E-state index is 11.2. The first-order valence-electron chi connectivity index (χ1n) is 4.17. The van der Waals surface area contributed by atoms with E-state index in [1.54, 1.807) is 0 Å². The average molecular weight is 157 g/mol. The van der Waals surface area contributed by atoms with Crippen molar-refractivity contribution in [3.8, 4) is 0 Å². The summed E-state index contributed by atoms with van der Waals surface area (Å²) in [5.74, 6) is 0.0403. The monoisotopic (exact) mass is 157 g/mol. The van der Waals surface area contributed by atoms with E-state index in [-0.39, 0.29) is 18.2 Å². The van der Waals surface area contributed by atoms with Crippen LogP contribution in [-0.2, 0) is 4.79 Å². The molecule has 0 aromatic heterocycles. The van der Waals surface area contributed by atoms with Gasteiger partial charge in [-0.05, 0) is 12.8 Å². The van der Waals surface area contributed by atoms with Crippen molar-refractivity contribution >= 4 is 5.78 Å². The lowest BCUT2D eigenvalue weighted by atomic mass is 9.98. The van der Waals surface area contributed by atoms with Gasteiger partial charge in [-0.25, -0.2) is 0 Å². The van der Waals surface area contributed by atoms with E-state index < -0.39 is 6.10 Å². The van der Waals surface area contributed by atoms with Crippen LogP contribution in [0.4, 0.5) is 0 Å². The van der Waals surface area contributed by atoms with Gasteiger partial charge in [-0.3, -0.25) is 4.79 Å². The molecule has 3 heteroatoms. The van der Waals surface area contributed by atoms with Crippen LogP contribution < -0.4 is 5.73 Å². The standard InChI is InChI=1S/C8H15NO2/c9-5-7(10)8(11)6-3-1-2-4-6/h6-7,10H,1-5,9H2. The minimum Gasteiger partial charge on any atom is -0.384 e. The largest absolute Gasteiger partial charge is 0.384 e. The highest BCUT2D eigenvalue weighted by Gasteiger charge is 2.26. The van der Waals surface area contributed by atoms with Crippen LogP contribution in [0, 0.1) is 5.92 Å². The molecule has 0 bridgehead atoms. The molecule has 0 aromatic rings. The van der Waals surface area contributed by atoms with Crippen LogP contribution in [0.5, 0.6) is 0 Å². The second-order valence-electron chi connectivity index (χ2n) is 3.14. The second-order valence-corrected chi connectivity index (χ2v) is 3.14. The van der Waals surface area contributed by atoms with Crippen molar-refractivity contribution in [2.24, 2.45) is 11.7 Å². The molecule has 0 saturated heterocycles. The summed E-state index contributed by atoms with van der Waals surface area (Å²) < 4.78 is 0. The van der Waals surface area contributed by atoms with Gasteiger partial charge in [0.25, 0.3) is 0 Å². The van der Waals surface area contributed by atoms with E-state index in [9.17, 15) is 4.79 Å². The first kappa shape index (κ1) is 8.68. The van der Waals surface area contributed by atoms with Crippen LogP contribution in [0.3, 0.4) is 0 Å². The number of hydrogen-bond acceptors (Lipinski definition) is 3. The molecule has 3 nitrogen and oxygen atoms in total. The summed E-state index contributed by atoms with van der Waals surface area (Å²) in [7, 11) is 0. The van der Waals surface area contributed by atoms with E-state index in [1.807, 2.05) is 0 Å². The molecule has 1 aliphatic carbocycles. The number of ketones is 1. The van der Waals surface area contributed by atoms with Crippen LogP contribution >= 0.6 is 0 Å². The van der Waals surface area contributed by atoms with Crippen LogP contribution in [0.1, 0.15) is 25.7 Å². The van der Waals surface area contributed by atoms with E-state index in [4.69, 9.17) is 10.8 Å². The Bertz CT molecular complexity index is 141. The first-order valence-corrected chi connectivity index (χ1v) is 4.17. The van der Waals surface area contributed by atoms with E-state index >= 15 is 0 Å². The fourth-order valence-corrected chi connectivity index (χ4v) is 1.60. The molecule has 0 aliphatic heterocycles. The van der Waals surface area contributed by atoms with Crippen LogP contribution in [0.25, 0.3) is 0 Å². The normalized spacial score (nSPS) is 22.0. The van der Waals surface area contributed by atoms with Gasteiger partial charge in [0, 0.05) is 12.5 Å². The number of carbonyl (C=O) groups excluding carboxylic acids is 1. The lowest BCUT2D eigenvalue weighted by Crippen LogP contribution is -2.33. The fraction of sp³-hybridized carbons (Fsp3) is 0.875. The van der Waals surface area contributed by atoms with Crippen molar-refractivity contribution in [1.29, 1.82) is 0 Å². The van der Waals surface area contributed by atoms with Gasteiger partial charge >= 0.3 is 0 Å². The fourth-order valence-electron chi connectivity index (χ4n) is 1.60. The number of hydrogen-bond donors (Lipinski definition) is 2. The van der Waals surface area contributed by atoms with E-state index in [0.29, 0.717) is 0 Å². The third-order valence-electron chi connectivity index (χ3n) is 2.31. The van der Waals surface area contributed by atoms with Crippen molar-refractivity contribution < 1.29 is 9.90 Å². The SMILES string of the molecule is NCC(O)C(=O)C1CCCC1. The summed E-state index contributed by atoms with van der Waals surface area (Å²) >= 11 is 0. The van der Waals surface area contributed by atoms with Crippen LogP contribution in [0.2, 0.25) is 0 Å². The van der Waals surface area contributed by atoms with E-state index in [0.717, 1.165) is 25.7 Å². The Balaban J connectivity index is 2.39. The Labute approximate surface area is 66.6 Å². The van der Waals surface area contributed by atoms with Crippen LogP contribution in [-0.4, -0.2) is 23.5 Å². The van der Waals surface area contributed by atoms with Crippen LogP contribution in [0.15, 0.2) is 0 Å². The zero-order valence-corrected chi connectivity index (χ0v) is 6.62. The molecule has 1 rings (SSSR count). The van der Waals surface area contributed by atoms with E-state index in [2.05, 4.69) is 0 Å². The van der Waals surface area contributed by atoms with Gasteiger partial charge in [-0.2, -0.15) is 0 Å². The van der Waals surface area contributed by atoms with Gasteiger partial charge in [0.15, 0.2) is 5.78 Å². The van der Waals surface area contributed by atoms with Gasteiger partial charge in [0.05, 0.1) is 0 Å². The van der Waals surface area contributed by atoms with Gasteiger partial charge in [-0.15, -0.1) is 0 Å². The summed E-state index contributed by atoms with van der Waals surface area (Å²) in [5.41, 5.74) is 5.17. The number of rotatable bonds is 3. The summed E-state index contributed by atoms with van der Waals surface area (Å²) in [6, 6.07) is 0. The second kappa shape index (κ2) is 3.83. The lowest BCUT2D eigenvalue weighted by Gasteiger charge is -2.11. The molecule has 0 heterocycles. The summed E-state index contributed by atoms with van der Waals surface area (Å²) in [4.78, 5) is 11.2. The predicted octanol–water partition coefficient (Wildman–Crippen LogP) is 0.0653. The van der Waals surface area contributed by atoms with Gasteiger partial charge in [0.2, 0.25) is 0 Å². The van der Waals surface area contributed by atoms with Gasteiger partial charge in [-0.1, -0.05) is 12.8 Å². The molecular weight excluding hydrogens is 142 g/mol. The Morgan fingerprint density at radius 3 is 2.55 bits per heavy atom. The molecular formula is C8H15NO2. The molecule has 1 unspecified atom stereocenters. The maximum Gasteiger partial charge on any atom is 0.165 e. The molecule has 0 spiro atoms. The van der Waals surface area contributed by atoms with Crippen molar-refractivity contribution in [3.63, 3.8) is 0 Å². The van der Waals surface area contributed by atoms with Crippen molar-refractivity contribution in [2.75, 3.05) is 6.54 Å². The Morgan fingerprint density at radius 2 is 2.09 bits per heavy atom. The predicted molar refractivity (Wildman–Crippen MR) is 42.0 cm³/mol. The molecule has 1 atom stereocenters. The Hall–Kier alpha value is -0.410. The summed E-state index contributed by atoms with van der Waals surface area (Å²) in [5, 5.41) is 9.11. The van der Waals surface area contributed by atoms with Gasteiger partial charge in [0.1, 0.15) is 6.10 Å². The number of aliphatic hydroxyl groups is 1. The minimum absolute atomic E-state index is 0.0509. The Morgan fingerprint density at radius 1 is 1.55 bits per heavy atom. The highest BCUT2D eigenvalue weighted by molar-refractivity contribution is 5.85. The third-order valence-corrected chi connectivity index (χ3v) is 2.31. The number of carbonyl (C=O) groups is 1. The number of Topliss-reactive ketones (excluding diaryl/α,β-unsaturated/α-hetero) is 1. The molecule has 1 saturated carbocycles. The van der Waals surface area contributed by atoms with E-state index in [1.165, 1.54) is 0 Å². The highest BCUT2D eigenvalue weighted by atomic mass is 16.3. The van der Waals surface area contributed by atoms with Gasteiger partial charge < -0.3 is 10.8 Å². The third kappa shape index (κ3) is 2.01. The zero-order valence-electron chi connectivity index (χ0n) is 6.62. The average Bonchev–Trinajstić information content (AvgIpc) is 2.53. The lowest BCUT2D eigenvalue weighted by molar-refractivity contribution is -0.130. The minimum atomic E-state index is -0.918. The number of nitrogens with two attached hydrogens (primary N) is 1. The molecule has 0 radical (unpaired) electrons. The first-order chi connectivity index (χ1) is 5.25. The maximum atomic E-state index is 11.2. The molecule has 0 amide bonds. The highest BCUT2D eigenvalue weighted by Crippen LogP contribution is 2.26. The zero-order chi connectivity index (χ0) is 8.27. The molecule has 1 aliphatic rings. The Kier molecular flexibility index (Phi) is 3.02. The number of aliphatic hydroxyl groups excluding tert-OH is 1. The van der Waals surface area contributed by atoms with Crippen molar-refractivity contribution in [1.82, 2.24) is 0 Å². The molecule has 64 valence electrons. The summed E-state index contributed by atoms with van der Waals surface area (Å²) in [6.07, 6.45) is 3.20. The topological polar surface area (TPSA) is 63.3 Å². The molecule has 11 heavy (non-hydrogen) atoms.